The van der Waals surface area contributed by atoms with E-state index in [0.717, 1.165) is 64.4 Å². The van der Waals surface area contributed by atoms with Crippen molar-refractivity contribution in [1.82, 2.24) is 19.7 Å². The average Bonchev–Trinajstić information content (AvgIpc) is 3.36. The predicted molar refractivity (Wildman–Crippen MR) is 119 cm³/mol. The van der Waals surface area contributed by atoms with Gasteiger partial charge in [0.15, 0.2) is 16.0 Å². The van der Waals surface area contributed by atoms with Crippen molar-refractivity contribution in [3.63, 3.8) is 0 Å². The van der Waals surface area contributed by atoms with Gasteiger partial charge in [-0.1, -0.05) is 0 Å². The molecule has 0 N–H and O–H groups in total. The molecule has 164 valence electrons. The first-order valence-electron chi connectivity index (χ1n) is 10.5. The molecule has 1 fully saturated rings. The zero-order chi connectivity index (χ0) is 22.0. The van der Waals surface area contributed by atoms with Gasteiger partial charge in [0.1, 0.15) is 17.8 Å². The molecule has 8 heteroatoms. The number of likely N-dealkylation sites (tertiary alicyclic amines) is 1. The highest BCUT2D eigenvalue weighted by atomic mass is 32.2. The minimum absolute atomic E-state index is 0.00314. The fourth-order valence-corrected chi connectivity index (χ4v) is 4.98. The van der Waals surface area contributed by atoms with Gasteiger partial charge >= 0.3 is 0 Å². The summed E-state index contributed by atoms with van der Waals surface area (Å²) >= 11 is 1.45. The topological polar surface area (TPSA) is 73.4 Å². The number of hydrogen-bond donors (Lipinski definition) is 0. The molecule has 7 nitrogen and oxygen atoms in total. The highest BCUT2D eigenvalue weighted by Gasteiger charge is 2.28. The first-order valence-corrected chi connectivity index (χ1v) is 11.3. The summed E-state index contributed by atoms with van der Waals surface area (Å²) in [5.74, 6) is 1.98. The molecule has 1 unspecified atom stereocenters. The van der Waals surface area contributed by atoms with E-state index in [1.807, 2.05) is 49.7 Å². The summed E-state index contributed by atoms with van der Waals surface area (Å²) in [5, 5.41) is 9.55. The van der Waals surface area contributed by atoms with Crippen LogP contribution < -0.4 is 4.74 Å². The van der Waals surface area contributed by atoms with Gasteiger partial charge in [0.05, 0.1) is 13.7 Å². The molecule has 31 heavy (non-hydrogen) atoms. The largest absolute Gasteiger partial charge is 0.496 e. The monoisotopic (exact) mass is 440 g/mol. The van der Waals surface area contributed by atoms with Gasteiger partial charge in [0.25, 0.3) is 0 Å². The molecular weight excluding hydrogens is 412 g/mol. The molecule has 2 aromatic heterocycles. The Labute approximate surface area is 186 Å². The zero-order valence-electron chi connectivity index (χ0n) is 18.4. The summed E-state index contributed by atoms with van der Waals surface area (Å²) in [7, 11) is 3.57. The van der Waals surface area contributed by atoms with E-state index in [2.05, 4.69) is 15.1 Å². The lowest BCUT2D eigenvalue weighted by molar-refractivity contribution is 0.0801. The van der Waals surface area contributed by atoms with E-state index in [-0.39, 0.29) is 11.7 Å². The van der Waals surface area contributed by atoms with Crippen molar-refractivity contribution in [2.45, 2.75) is 43.5 Å². The quantitative estimate of drug-likeness (QED) is 0.508. The highest BCUT2D eigenvalue weighted by Crippen LogP contribution is 2.30. The summed E-state index contributed by atoms with van der Waals surface area (Å²) < 4.78 is 13.3. The number of aromatic nitrogens is 3. The average molecular weight is 441 g/mol. The minimum atomic E-state index is 0.00314. The van der Waals surface area contributed by atoms with E-state index in [1.165, 1.54) is 11.8 Å². The predicted octanol–water partition coefficient (Wildman–Crippen LogP) is 4.28. The van der Waals surface area contributed by atoms with Gasteiger partial charge in [-0.2, -0.15) is 0 Å². The number of ether oxygens (including phenoxy) is 1. The number of carbonyl (C=O) groups is 1. The molecule has 3 heterocycles. The summed E-state index contributed by atoms with van der Waals surface area (Å²) in [6.07, 6.45) is 3.60. The first kappa shape index (κ1) is 21.6. The number of hydrogen-bond acceptors (Lipinski definition) is 7. The standard InChI is InChI=1S/C23H28N4O3S/c1-15-10-18(11-16(2)22(15)29-4)21(28)17-6-5-9-27(12-17)13-19-7-8-20(30-19)31-23-25-24-14-26(23)3/h7-8,10-11,14,17H,5-6,9,12-13H2,1-4H3. The van der Waals surface area contributed by atoms with Gasteiger partial charge in [0, 0.05) is 25.1 Å². The van der Waals surface area contributed by atoms with Crippen LogP contribution in [-0.4, -0.2) is 45.6 Å². The van der Waals surface area contributed by atoms with Gasteiger partial charge in [0.2, 0.25) is 0 Å². The second-order valence-corrected chi connectivity index (χ2v) is 9.10. The third kappa shape index (κ3) is 4.85. The van der Waals surface area contributed by atoms with Crippen molar-refractivity contribution in [3.8, 4) is 5.75 Å². The molecule has 0 aliphatic carbocycles. The summed E-state index contributed by atoms with van der Waals surface area (Å²) in [5.41, 5.74) is 2.78. The molecule has 0 bridgehead atoms. The van der Waals surface area contributed by atoms with Crippen LogP contribution in [0.3, 0.4) is 0 Å². The molecule has 3 aromatic rings. The fraction of sp³-hybridized carbons (Fsp3) is 0.435. The Morgan fingerprint density at radius 1 is 1.29 bits per heavy atom. The van der Waals surface area contributed by atoms with Gasteiger partial charge in [-0.05, 0) is 80.4 Å². The van der Waals surface area contributed by atoms with E-state index in [9.17, 15) is 4.79 Å². The fourth-order valence-electron chi connectivity index (χ4n) is 4.24. The molecule has 1 aliphatic rings. The normalized spacial score (nSPS) is 17.1. The summed E-state index contributed by atoms with van der Waals surface area (Å²) in [6.45, 7) is 6.39. The maximum absolute atomic E-state index is 13.2. The highest BCUT2D eigenvalue weighted by molar-refractivity contribution is 7.99. The van der Waals surface area contributed by atoms with E-state index in [0.29, 0.717) is 6.54 Å². The summed E-state index contributed by atoms with van der Waals surface area (Å²) in [4.78, 5) is 15.5. The van der Waals surface area contributed by atoms with Crippen molar-refractivity contribution >= 4 is 17.5 Å². The van der Waals surface area contributed by atoms with Crippen molar-refractivity contribution in [2.24, 2.45) is 13.0 Å². The van der Waals surface area contributed by atoms with Gasteiger partial charge < -0.3 is 13.7 Å². The van der Waals surface area contributed by atoms with E-state index in [4.69, 9.17) is 9.15 Å². The van der Waals surface area contributed by atoms with Crippen molar-refractivity contribution < 1.29 is 13.9 Å². The molecule has 4 rings (SSSR count). The maximum atomic E-state index is 13.2. The third-order valence-corrected chi connectivity index (χ3v) is 6.68. The lowest BCUT2D eigenvalue weighted by atomic mass is 9.88. The molecule has 1 aliphatic heterocycles. The maximum Gasteiger partial charge on any atom is 0.198 e. The number of aryl methyl sites for hydroxylation is 3. The Hall–Kier alpha value is -2.58. The zero-order valence-corrected chi connectivity index (χ0v) is 19.2. The molecule has 1 saturated heterocycles. The Bertz CT molecular complexity index is 1050. The Balaban J connectivity index is 1.40. The molecule has 0 radical (unpaired) electrons. The van der Waals surface area contributed by atoms with E-state index in [1.54, 1.807) is 13.4 Å². The Morgan fingerprint density at radius 3 is 2.74 bits per heavy atom. The van der Waals surface area contributed by atoms with Crippen LogP contribution >= 0.6 is 11.8 Å². The van der Waals surface area contributed by atoms with Gasteiger partial charge in [-0.25, -0.2) is 0 Å². The van der Waals surface area contributed by atoms with Crippen LogP contribution in [0.25, 0.3) is 0 Å². The third-order valence-electron chi connectivity index (χ3n) is 5.70. The molecular formula is C23H28N4O3S. The lowest BCUT2D eigenvalue weighted by Gasteiger charge is -2.31. The lowest BCUT2D eigenvalue weighted by Crippen LogP contribution is -2.38. The molecule has 0 saturated carbocycles. The Kier molecular flexibility index (Phi) is 6.48. The van der Waals surface area contributed by atoms with Crippen molar-refractivity contribution in [3.05, 3.63) is 53.0 Å². The number of benzene rings is 1. The minimum Gasteiger partial charge on any atom is -0.496 e. The van der Waals surface area contributed by atoms with Crippen LogP contribution in [-0.2, 0) is 13.6 Å². The number of Topliss-reactive ketones (excluding diaryl/α,β-unsaturated/α-hetero) is 1. The number of nitrogens with zero attached hydrogens (tertiary/aromatic N) is 4. The second-order valence-electron chi connectivity index (χ2n) is 8.13. The van der Waals surface area contributed by atoms with Crippen LogP contribution in [0.5, 0.6) is 5.75 Å². The number of rotatable bonds is 7. The van der Waals surface area contributed by atoms with Crippen LogP contribution in [0, 0.1) is 19.8 Å². The number of methoxy groups -OCH3 is 1. The van der Waals surface area contributed by atoms with Crippen LogP contribution in [0.15, 0.2) is 45.3 Å². The number of carbonyl (C=O) groups excluding carboxylic acids is 1. The van der Waals surface area contributed by atoms with Crippen LogP contribution in [0.4, 0.5) is 0 Å². The second kappa shape index (κ2) is 9.28. The molecule has 0 amide bonds. The molecule has 1 aromatic carbocycles. The van der Waals surface area contributed by atoms with Crippen molar-refractivity contribution in [1.29, 1.82) is 0 Å². The molecule has 1 atom stereocenters. The summed E-state index contributed by atoms with van der Waals surface area (Å²) in [6, 6.07) is 7.87. The molecule has 0 spiro atoms. The van der Waals surface area contributed by atoms with Gasteiger partial charge in [-0.15, -0.1) is 10.2 Å². The van der Waals surface area contributed by atoms with Gasteiger partial charge in [-0.3, -0.25) is 9.69 Å². The Morgan fingerprint density at radius 2 is 2.06 bits per heavy atom. The van der Waals surface area contributed by atoms with E-state index < -0.39 is 0 Å². The van der Waals surface area contributed by atoms with Crippen LogP contribution in [0.2, 0.25) is 0 Å². The number of furan rings is 1. The smallest absolute Gasteiger partial charge is 0.198 e. The first-order chi connectivity index (χ1) is 14.9. The number of ketones is 1. The number of piperidine rings is 1. The van der Waals surface area contributed by atoms with Crippen LogP contribution in [0.1, 0.15) is 40.1 Å². The van der Waals surface area contributed by atoms with Crippen molar-refractivity contribution in [2.75, 3.05) is 20.2 Å². The SMILES string of the molecule is COc1c(C)cc(C(=O)C2CCCN(Cc3ccc(Sc4nncn4C)o3)C2)cc1C. The van der Waals surface area contributed by atoms with E-state index >= 15 is 0 Å².